The standard InChI is InChI=1S/C12H16N4O/c1-16-9-14-12(15-16)6-7-13-8-10-4-2-3-5-11(10)17/h2-5,9,13,17H,6-8H2,1H3. The van der Waals surface area contributed by atoms with Crippen molar-refractivity contribution in [2.75, 3.05) is 6.54 Å². The second-order valence-electron chi connectivity index (χ2n) is 3.89. The molecule has 0 unspecified atom stereocenters. The summed E-state index contributed by atoms with van der Waals surface area (Å²) in [6.07, 6.45) is 2.48. The van der Waals surface area contributed by atoms with Gasteiger partial charge in [-0.3, -0.25) is 4.68 Å². The molecule has 0 aliphatic heterocycles. The number of rotatable bonds is 5. The average Bonchev–Trinajstić information content (AvgIpc) is 2.73. The van der Waals surface area contributed by atoms with Crippen molar-refractivity contribution in [2.45, 2.75) is 13.0 Å². The first-order chi connectivity index (χ1) is 8.25. The molecule has 0 amide bonds. The summed E-state index contributed by atoms with van der Waals surface area (Å²) in [6, 6.07) is 7.33. The number of aromatic hydroxyl groups is 1. The predicted octanol–water partition coefficient (Wildman–Crippen LogP) is 0.853. The van der Waals surface area contributed by atoms with Gasteiger partial charge in [0, 0.05) is 32.1 Å². The number of phenolic OH excluding ortho intramolecular Hbond substituents is 1. The molecule has 2 N–H and O–H groups in total. The van der Waals surface area contributed by atoms with Crippen LogP contribution in [0.4, 0.5) is 0 Å². The van der Waals surface area contributed by atoms with Gasteiger partial charge >= 0.3 is 0 Å². The Hall–Kier alpha value is -1.88. The van der Waals surface area contributed by atoms with Crippen LogP contribution >= 0.6 is 0 Å². The summed E-state index contributed by atoms with van der Waals surface area (Å²) >= 11 is 0. The number of para-hydroxylation sites is 1. The van der Waals surface area contributed by atoms with Gasteiger partial charge in [0.25, 0.3) is 0 Å². The lowest BCUT2D eigenvalue weighted by Crippen LogP contribution is -2.17. The predicted molar refractivity (Wildman–Crippen MR) is 64.5 cm³/mol. The third kappa shape index (κ3) is 3.29. The van der Waals surface area contributed by atoms with Crippen molar-refractivity contribution in [3.8, 4) is 5.75 Å². The molecule has 1 aromatic heterocycles. The van der Waals surface area contributed by atoms with Gasteiger partial charge in [0.05, 0.1) is 0 Å². The van der Waals surface area contributed by atoms with E-state index in [9.17, 15) is 5.11 Å². The minimum absolute atomic E-state index is 0.330. The van der Waals surface area contributed by atoms with E-state index in [0.717, 1.165) is 24.4 Å². The Bertz CT molecular complexity index is 481. The first-order valence-corrected chi connectivity index (χ1v) is 5.58. The zero-order valence-electron chi connectivity index (χ0n) is 9.80. The number of hydrogen-bond donors (Lipinski definition) is 2. The third-order valence-electron chi connectivity index (χ3n) is 2.48. The molecule has 5 nitrogen and oxygen atoms in total. The van der Waals surface area contributed by atoms with Gasteiger partial charge < -0.3 is 10.4 Å². The Balaban J connectivity index is 1.75. The first kappa shape index (κ1) is 11.6. The van der Waals surface area contributed by atoms with Crippen molar-refractivity contribution in [2.24, 2.45) is 7.05 Å². The highest BCUT2D eigenvalue weighted by molar-refractivity contribution is 5.31. The van der Waals surface area contributed by atoms with Crippen LogP contribution < -0.4 is 5.32 Å². The largest absolute Gasteiger partial charge is 0.508 e. The number of aryl methyl sites for hydroxylation is 1. The summed E-state index contributed by atoms with van der Waals surface area (Å²) in [4.78, 5) is 4.14. The summed E-state index contributed by atoms with van der Waals surface area (Å²) in [5.74, 6) is 1.16. The molecular formula is C12H16N4O. The molecule has 0 atom stereocenters. The molecule has 2 aromatic rings. The second-order valence-corrected chi connectivity index (χ2v) is 3.89. The highest BCUT2D eigenvalue weighted by Gasteiger charge is 2.00. The molecule has 5 heteroatoms. The Labute approximate surface area is 100 Å². The summed E-state index contributed by atoms with van der Waals surface area (Å²) in [7, 11) is 1.85. The number of nitrogens with zero attached hydrogens (tertiary/aromatic N) is 3. The SMILES string of the molecule is Cn1cnc(CCNCc2ccccc2O)n1. The van der Waals surface area contributed by atoms with Crippen LogP contribution in [0.3, 0.4) is 0 Å². The van der Waals surface area contributed by atoms with Crippen molar-refractivity contribution in [1.82, 2.24) is 20.1 Å². The van der Waals surface area contributed by atoms with Crippen molar-refractivity contribution in [1.29, 1.82) is 0 Å². The molecular weight excluding hydrogens is 216 g/mol. The smallest absolute Gasteiger partial charge is 0.151 e. The van der Waals surface area contributed by atoms with Gasteiger partial charge in [0.15, 0.2) is 5.82 Å². The first-order valence-electron chi connectivity index (χ1n) is 5.58. The van der Waals surface area contributed by atoms with Crippen LogP contribution in [-0.2, 0) is 20.0 Å². The fourth-order valence-electron chi connectivity index (χ4n) is 1.58. The van der Waals surface area contributed by atoms with Crippen LogP contribution in [0.15, 0.2) is 30.6 Å². The quantitative estimate of drug-likeness (QED) is 0.750. The lowest BCUT2D eigenvalue weighted by atomic mass is 10.2. The van der Waals surface area contributed by atoms with E-state index in [2.05, 4.69) is 15.4 Å². The van der Waals surface area contributed by atoms with Crippen molar-refractivity contribution in [3.63, 3.8) is 0 Å². The third-order valence-corrected chi connectivity index (χ3v) is 2.48. The molecule has 2 rings (SSSR count). The molecule has 0 bridgehead atoms. The lowest BCUT2D eigenvalue weighted by molar-refractivity contribution is 0.464. The van der Waals surface area contributed by atoms with Crippen LogP contribution in [-0.4, -0.2) is 26.4 Å². The highest BCUT2D eigenvalue weighted by atomic mass is 16.3. The fourth-order valence-corrected chi connectivity index (χ4v) is 1.58. The van der Waals surface area contributed by atoms with Crippen LogP contribution in [0.2, 0.25) is 0 Å². The van der Waals surface area contributed by atoms with Gasteiger partial charge in [0.1, 0.15) is 12.1 Å². The molecule has 1 aromatic carbocycles. The Morgan fingerprint density at radius 1 is 1.35 bits per heavy atom. The van der Waals surface area contributed by atoms with E-state index < -0.39 is 0 Å². The Kier molecular flexibility index (Phi) is 3.72. The van der Waals surface area contributed by atoms with E-state index in [1.165, 1.54) is 0 Å². The average molecular weight is 232 g/mol. The summed E-state index contributed by atoms with van der Waals surface area (Å²) in [6.45, 7) is 1.44. The van der Waals surface area contributed by atoms with Gasteiger partial charge in [-0.2, -0.15) is 5.10 Å². The monoisotopic (exact) mass is 232 g/mol. The minimum atomic E-state index is 0.330. The van der Waals surface area contributed by atoms with E-state index in [-0.39, 0.29) is 0 Å². The van der Waals surface area contributed by atoms with Gasteiger partial charge in [-0.05, 0) is 6.07 Å². The van der Waals surface area contributed by atoms with Crippen LogP contribution in [0.1, 0.15) is 11.4 Å². The number of benzene rings is 1. The van der Waals surface area contributed by atoms with Gasteiger partial charge in [0.2, 0.25) is 0 Å². The lowest BCUT2D eigenvalue weighted by Gasteiger charge is -2.05. The molecule has 90 valence electrons. The maximum atomic E-state index is 9.56. The number of hydrogen-bond acceptors (Lipinski definition) is 4. The molecule has 0 fully saturated rings. The Morgan fingerprint density at radius 3 is 2.88 bits per heavy atom. The van der Waals surface area contributed by atoms with Crippen molar-refractivity contribution < 1.29 is 5.11 Å². The van der Waals surface area contributed by atoms with E-state index in [1.807, 2.05) is 25.2 Å². The molecule has 0 spiro atoms. The van der Waals surface area contributed by atoms with E-state index in [4.69, 9.17) is 0 Å². The van der Waals surface area contributed by atoms with Gasteiger partial charge in [-0.25, -0.2) is 4.98 Å². The molecule has 1 heterocycles. The second kappa shape index (κ2) is 5.45. The zero-order valence-corrected chi connectivity index (χ0v) is 9.80. The molecule has 0 aliphatic rings. The highest BCUT2D eigenvalue weighted by Crippen LogP contribution is 2.14. The number of nitrogens with one attached hydrogen (secondary N) is 1. The summed E-state index contributed by atoms with van der Waals surface area (Å²) < 4.78 is 1.69. The molecule has 17 heavy (non-hydrogen) atoms. The van der Waals surface area contributed by atoms with Gasteiger partial charge in [-0.15, -0.1) is 0 Å². The van der Waals surface area contributed by atoms with Crippen LogP contribution in [0, 0.1) is 0 Å². The van der Waals surface area contributed by atoms with E-state index in [0.29, 0.717) is 12.3 Å². The van der Waals surface area contributed by atoms with E-state index in [1.54, 1.807) is 17.1 Å². The summed E-state index contributed by atoms with van der Waals surface area (Å²) in [5.41, 5.74) is 0.904. The van der Waals surface area contributed by atoms with Crippen LogP contribution in [0.25, 0.3) is 0 Å². The normalized spacial score (nSPS) is 10.6. The van der Waals surface area contributed by atoms with Gasteiger partial charge in [-0.1, -0.05) is 18.2 Å². The topological polar surface area (TPSA) is 63.0 Å². The fraction of sp³-hybridized carbons (Fsp3) is 0.333. The zero-order chi connectivity index (χ0) is 12.1. The molecule has 0 aliphatic carbocycles. The molecule has 0 radical (unpaired) electrons. The minimum Gasteiger partial charge on any atom is -0.508 e. The molecule has 0 saturated heterocycles. The van der Waals surface area contributed by atoms with E-state index >= 15 is 0 Å². The van der Waals surface area contributed by atoms with Crippen molar-refractivity contribution in [3.05, 3.63) is 42.0 Å². The van der Waals surface area contributed by atoms with Crippen molar-refractivity contribution >= 4 is 0 Å². The number of phenols is 1. The Morgan fingerprint density at radius 2 is 2.18 bits per heavy atom. The van der Waals surface area contributed by atoms with Crippen LogP contribution in [0.5, 0.6) is 5.75 Å². The maximum Gasteiger partial charge on any atom is 0.151 e. The maximum absolute atomic E-state index is 9.56. The number of aromatic nitrogens is 3. The molecule has 0 saturated carbocycles. The summed E-state index contributed by atoms with van der Waals surface area (Å²) in [5, 5.41) is 17.0.